The van der Waals surface area contributed by atoms with Gasteiger partial charge in [-0.15, -0.1) is 0 Å². The van der Waals surface area contributed by atoms with Crippen LogP contribution in [0.3, 0.4) is 0 Å². The zero-order chi connectivity index (χ0) is 21.9. The molecule has 2 aromatic carbocycles. The van der Waals surface area contributed by atoms with E-state index in [1.165, 1.54) is 31.4 Å². The molecule has 5 heteroatoms. The third-order valence-electron chi connectivity index (χ3n) is 5.62. The maximum Gasteiger partial charge on any atom is 0.339 e. The van der Waals surface area contributed by atoms with E-state index in [9.17, 15) is 14.7 Å². The molecule has 0 aromatic heterocycles. The molecule has 0 radical (unpaired) electrons. The van der Waals surface area contributed by atoms with Crippen molar-refractivity contribution in [3.8, 4) is 5.75 Å². The van der Waals surface area contributed by atoms with Crippen molar-refractivity contribution in [2.75, 3.05) is 7.11 Å². The van der Waals surface area contributed by atoms with E-state index < -0.39 is 17.2 Å². The van der Waals surface area contributed by atoms with Gasteiger partial charge in [0.2, 0.25) is 0 Å². The standard InChI is InChI=1S/C25H23FO4/c1-16-7-4-5-8-19(16)20-9-6-12-25(15-27,17(20)2)14-22(26)18-10-11-21(24(28)29)23(13-18)30-3/h4-15,17H,1-3H3,(H,28,29)/b22-14-. The van der Waals surface area contributed by atoms with Crippen LogP contribution in [0.4, 0.5) is 4.39 Å². The number of carboxylic acids is 1. The van der Waals surface area contributed by atoms with Crippen LogP contribution in [-0.4, -0.2) is 24.5 Å². The molecule has 0 spiro atoms. The van der Waals surface area contributed by atoms with Crippen LogP contribution in [-0.2, 0) is 4.79 Å². The number of allylic oxidation sites excluding steroid dienone is 5. The van der Waals surface area contributed by atoms with Crippen LogP contribution in [0.1, 0.15) is 34.0 Å². The summed E-state index contributed by atoms with van der Waals surface area (Å²) in [4.78, 5) is 23.5. The molecule has 0 saturated carbocycles. The van der Waals surface area contributed by atoms with Crippen LogP contribution in [0, 0.1) is 18.3 Å². The zero-order valence-electron chi connectivity index (χ0n) is 17.1. The molecule has 0 aliphatic heterocycles. The summed E-state index contributed by atoms with van der Waals surface area (Å²) in [5.41, 5.74) is 1.95. The van der Waals surface area contributed by atoms with Gasteiger partial charge in [0, 0.05) is 11.5 Å². The molecule has 0 fully saturated rings. The number of halogens is 1. The van der Waals surface area contributed by atoms with Gasteiger partial charge >= 0.3 is 5.97 Å². The number of methoxy groups -OCH3 is 1. The highest BCUT2D eigenvalue weighted by molar-refractivity contribution is 5.91. The Kier molecular flexibility index (Phi) is 6.01. The molecule has 0 amide bonds. The first-order valence-electron chi connectivity index (χ1n) is 9.54. The summed E-state index contributed by atoms with van der Waals surface area (Å²) in [7, 11) is 1.32. The van der Waals surface area contributed by atoms with Crippen molar-refractivity contribution in [3.63, 3.8) is 0 Å². The number of aldehydes is 1. The summed E-state index contributed by atoms with van der Waals surface area (Å²) in [5.74, 6) is -2.03. The van der Waals surface area contributed by atoms with Crippen LogP contribution >= 0.6 is 0 Å². The van der Waals surface area contributed by atoms with E-state index in [4.69, 9.17) is 4.74 Å². The number of rotatable bonds is 6. The van der Waals surface area contributed by atoms with Gasteiger partial charge in [0.15, 0.2) is 0 Å². The number of hydrogen-bond acceptors (Lipinski definition) is 3. The second-order valence-corrected chi connectivity index (χ2v) is 7.35. The van der Waals surface area contributed by atoms with E-state index in [0.29, 0.717) is 0 Å². The first kappa shape index (κ1) is 21.2. The molecule has 2 unspecified atom stereocenters. The first-order valence-corrected chi connectivity index (χ1v) is 9.54. The average Bonchev–Trinajstić information content (AvgIpc) is 2.75. The smallest absolute Gasteiger partial charge is 0.339 e. The van der Waals surface area contributed by atoms with Gasteiger partial charge in [-0.25, -0.2) is 9.18 Å². The van der Waals surface area contributed by atoms with Gasteiger partial charge in [0.25, 0.3) is 0 Å². The number of aryl methyl sites for hydroxylation is 1. The molecule has 2 aromatic rings. The van der Waals surface area contributed by atoms with Gasteiger partial charge in [0.1, 0.15) is 23.4 Å². The number of benzene rings is 2. The lowest BCUT2D eigenvalue weighted by Gasteiger charge is -2.33. The van der Waals surface area contributed by atoms with Gasteiger partial charge in [-0.05, 0) is 41.8 Å². The fourth-order valence-electron chi connectivity index (χ4n) is 3.76. The largest absolute Gasteiger partial charge is 0.496 e. The second-order valence-electron chi connectivity index (χ2n) is 7.35. The molecular weight excluding hydrogens is 383 g/mol. The molecule has 0 bridgehead atoms. The number of aromatic carboxylic acids is 1. The Morgan fingerprint density at radius 3 is 2.60 bits per heavy atom. The van der Waals surface area contributed by atoms with Crippen molar-refractivity contribution >= 4 is 23.7 Å². The van der Waals surface area contributed by atoms with Gasteiger partial charge in [0.05, 0.1) is 12.5 Å². The highest BCUT2D eigenvalue weighted by atomic mass is 19.1. The maximum absolute atomic E-state index is 15.2. The minimum Gasteiger partial charge on any atom is -0.496 e. The van der Waals surface area contributed by atoms with Crippen LogP contribution in [0.25, 0.3) is 11.4 Å². The number of carbonyl (C=O) groups excluding carboxylic acids is 1. The number of ether oxygens (including phenoxy) is 1. The highest BCUT2D eigenvalue weighted by Crippen LogP contribution is 2.44. The minimum absolute atomic E-state index is 0.0523. The third kappa shape index (κ3) is 3.83. The Balaban J connectivity index is 2.03. The first-order chi connectivity index (χ1) is 14.3. The Labute approximate surface area is 175 Å². The van der Waals surface area contributed by atoms with Gasteiger partial charge in [-0.1, -0.05) is 55.5 Å². The summed E-state index contributed by atoms with van der Waals surface area (Å²) < 4.78 is 20.3. The van der Waals surface area contributed by atoms with Crippen molar-refractivity contribution in [3.05, 3.63) is 89.0 Å². The van der Waals surface area contributed by atoms with Gasteiger partial charge in [-0.3, -0.25) is 0 Å². The molecule has 1 N–H and O–H groups in total. The Morgan fingerprint density at radius 1 is 1.23 bits per heavy atom. The average molecular weight is 406 g/mol. The molecule has 3 rings (SSSR count). The number of carboxylic acid groups (broad SMARTS) is 1. The molecule has 2 atom stereocenters. The molecule has 4 nitrogen and oxygen atoms in total. The normalized spacial score (nSPS) is 21.1. The third-order valence-corrected chi connectivity index (χ3v) is 5.62. The molecule has 1 aliphatic carbocycles. The van der Waals surface area contributed by atoms with Crippen molar-refractivity contribution in [1.29, 1.82) is 0 Å². The predicted octanol–water partition coefficient (Wildman–Crippen LogP) is 5.49. The summed E-state index contributed by atoms with van der Waals surface area (Å²) in [5, 5.41) is 9.21. The monoisotopic (exact) mass is 406 g/mol. The molecule has 0 saturated heterocycles. The molecule has 0 heterocycles. The maximum atomic E-state index is 15.2. The lowest BCUT2D eigenvalue weighted by molar-refractivity contribution is -0.113. The van der Waals surface area contributed by atoms with Crippen LogP contribution in [0.15, 0.2) is 66.8 Å². The topological polar surface area (TPSA) is 63.6 Å². The van der Waals surface area contributed by atoms with E-state index in [-0.39, 0.29) is 22.8 Å². The summed E-state index contributed by atoms with van der Waals surface area (Å²) in [6, 6.07) is 11.8. The Morgan fingerprint density at radius 2 is 1.97 bits per heavy atom. The van der Waals surface area contributed by atoms with E-state index in [2.05, 4.69) is 0 Å². The zero-order valence-corrected chi connectivity index (χ0v) is 17.1. The SMILES string of the molecule is COc1cc(/C(F)=C/C2(C=O)C=CC=C(c3ccccc3C)C2C)ccc1C(=O)O. The summed E-state index contributed by atoms with van der Waals surface area (Å²) in [6.07, 6.45) is 7.46. The lowest BCUT2D eigenvalue weighted by atomic mass is 9.68. The quantitative estimate of drug-likeness (QED) is 0.645. The number of carbonyl (C=O) groups is 2. The molecule has 1 aliphatic rings. The molecule has 154 valence electrons. The fraction of sp³-hybridized carbons (Fsp3) is 0.200. The van der Waals surface area contributed by atoms with E-state index in [1.54, 1.807) is 12.2 Å². The van der Waals surface area contributed by atoms with E-state index in [1.807, 2.05) is 44.2 Å². The van der Waals surface area contributed by atoms with Crippen molar-refractivity contribution < 1.29 is 23.8 Å². The minimum atomic E-state index is -1.17. The van der Waals surface area contributed by atoms with Crippen molar-refractivity contribution in [2.45, 2.75) is 13.8 Å². The van der Waals surface area contributed by atoms with E-state index >= 15 is 4.39 Å². The lowest BCUT2D eigenvalue weighted by Crippen LogP contribution is -2.29. The van der Waals surface area contributed by atoms with Crippen LogP contribution in [0.5, 0.6) is 5.75 Å². The Bertz CT molecular complexity index is 1080. The van der Waals surface area contributed by atoms with Gasteiger partial charge in [-0.2, -0.15) is 0 Å². The predicted molar refractivity (Wildman–Crippen MR) is 115 cm³/mol. The van der Waals surface area contributed by atoms with Crippen LogP contribution in [0.2, 0.25) is 0 Å². The summed E-state index contributed by atoms with van der Waals surface area (Å²) in [6.45, 7) is 3.89. The van der Waals surface area contributed by atoms with Crippen molar-refractivity contribution in [1.82, 2.24) is 0 Å². The highest BCUT2D eigenvalue weighted by Gasteiger charge is 2.37. The molecule has 30 heavy (non-hydrogen) atoms. The summed E-state index contributed by atoms with van der Waals surface area (Å²) >= 11 is 0. The van der Waals surface area contributed by atoms with E-state index in [0.717, 1.165) is 23.0 Å². The van der Waals surface area contributed by atoms with Crippen molar-refractivity contribution in [2.24, 2.45) is 11.3 Å². The second kappa shape index (κ2) is 8.49. The number of hydrogen-bond donors (Lipinski definition) is 1. The fourth-order valence-corrected chi connectivity index (χ4v) is 3.76. The Hall–Kier alpha value is -3.47. The van der Waals surface area contributed by atoms with Crippen LogP contribution < -0.4 is 4.74 Å². The van der Waals surface area contributed by atoms with Gasteiger partial charge < -0.3 is 14.6 Å². The molecular formula is C25H23FO4.